The second-order valence-electron chi connectivity index (χ2n) is 6.49. The lowest BCUT2D eigenvalue weighted by Crippen LogP contribution is -2.61. The van der Waals surface area contributed by atoms with Gasteiger partial charge in [-0.25, -0.2) is 0 Å². The predicted molar refractivity (Wildman–Crippen MR) is 91.3 cm³/mol. The van der Waals surface area contributed by atoms with Gasteiger partial charge in [0, 0.05) is 14.7 Å². The van der Waals surface area contributed by atoms with Crippen molar-refractivity contribution in [1.82, 2.24) is 0 Å². The number of rotatable bonds is 6. The number of nitrogens with zero attached hydrogens (tertiary/aromatic N) is 9. The summed E-state index contributed by atoms with van der Waals surface area (Å²) in [5.41, 5.74) is 26.1. The number of azide groups is 3. The van der Waals surface area contributed by atoms with Crippen LogP contribution in [0.15, 0.2) is 15.3 Å². The van der Waals surface area contributed by atoms with E-state index in [0.717, 1.165) is 0 Å². The summed E-state index contributed by atoms with van der Waals surface area (Å²) < 4.78 is 11.2. The van der Waals surface area contributed by atoms with Crippen LogP contribution in [0.5, 0.6) is 0 Å². The molecule has 0 radical (unpaired) electrons. The molecule has 0 spiro atoms. The van der Waals surface area contributed by atoms with E-state index in [1.165, 1.54) is 0 Å². The molecule has 15 heteroatoms. The summed E-state index contributed by atoms with van der Waals surface area (Å²) in [5, 5.41) is 51.2. The van der Waals surface area contributed by atoms with Crippen molar-refractivity contribution in [3.8, 4) is 0 Å². The summed E-state index contributed by atoms with van der Waals surface area (Å²) in [6, 6.07) is -3.45. The molecule has 2 aliphatic rings. The average molecular weight is 399 g/mol. The van der Waals surface area contributed by atoms with E-state index in [1.54, 1.807) is 6.92 Å². The first-order chi connectivity index (χ1) is 13.4. The number of aliphatic hydroxyl groups excluding tert-OH is 4. The van der Waals surface area contributed by atoms with Gasteiger partial charge in [-0.3, -0.25) is 0 Å². The van der Waals surface area contributed by atoms with Crippen LogP contribution in [-0.4, -0.2) is 81.5 Å². The first kappa shape index (κ1) is 22.0. The zero-order chi connectivity index (χ0) is 20.8. The molecule has 28 heavy (non-hydrogen) atoms. The van der Waals surface area contributed by atoms with E-state index >= 15 is 0 Å². The largest absolute Gasteiger partial charge is 0.390 e. The van der Waals surface area contributed by atoms with Crippen LogP contribution in [0.3, 0.4) is 0 Å². The molecule has 0 amide bonds. The van der Waals surface area contributed by atoms with Gasteiger partial charge in [0.2, 0.25) is 0 Å². The van der Waals surface area contributed by atoms with Gasteiger partial charge in [-0.15, -0.1) is 0 Å². The Morgan fingerprint density at radius 3 is 2.07 bits per heavy atom. The van der Waals surface area contributed by atoms with Crippen LogP contribution in [0.2, 0.25) is 0 Å². The molecule has 2 rings (SSSR count). The number of hydrogen-bond acceptors (Lipinski definition) is 9. The molecule has 15 nitrogen and oxygen atoms in total. The fourth-order valence-electron chi connectivity index (χ4n) is 3.41. The zero-order valence-electron chi connectivity index (χ0n) is 14.8. The normalized spacial score (nSPS) is 43.2. The van der Waals surface area contributed by atoms with Crippen molar-refractivity contribution in [1.29, 1.82) is 0 Å². The Balaban J connectivity index is 2.31. The summed E-state index contributed by atoms with van der Waals surface area (Å²) >= 11 is 0. The monoisotopic (exact) mass is 399 g/mol. The first-order valence-electron chi connectivity index (χ1n) is 8.55. The molecular formula is C13H21N9O6. The zero-order valence-corrected chi connectivity index (χ0v) is 14.8. The molecule has 154 valence electrons. The topological polar surface area (TPSA) is 246 Å². The molecule has 2 fully saturated rings. The van der Waals surface area contributed by atoms with Gasteiger partial charge in [-0.2, -0.15) is 0 Å². The minimum absolute atomic E-state index is 0.113. The summed E-state index contributed by atoms with van der Waals surface area (Å²) in [6.07, 6.45) is -9.32. The molecule has 1 heterocycles. The molecule has 1 aliphatic carbocycles. The van der Waals surface area contributed by atoms with Gasteiger partial charge in [0.1, 0.15) is 18.2 Å². The van der Waals surface area contributed by atoms with Gasteiger partial charge in [0.05, 0.1) is 36.5 Å². The van der Waals surface area contributed by atoms with Crippen molar-refractivity contribution in [2.45, 2.75) is 80.8 Å². The van der Waals surface area contributed by atoms with Crippen LogP contribution < -0.4 is 0 Å². The molecule has 10 atom stereocenters. The number of aliphatic hydroxyl groups is 4. The first-order valence-corrected chi connectivity index (χ1v) is 8.55. The standard InChI is InChI=1S/C13H21N9O6/c1-2-6-9(24)10(25)7(19-22-16)13(27-6)28-12-5(18-21-15)3-4(17-20-14)8(23)11(12)26/h4-13,23-26H,2-3H2,1H3/t4?,5?,6?,7?,8?,9-,10?,11?,12+,13+/m0/s1. The van der Waals surface area contributed by atoms with E-state index in [4.69, 9.17) is 26.1 Å². The van der Waals surface area contributed by atoms with E-state index in [2.05, 4.69) is 30.1 Å². The van der Waals surface area contributed by atoms with Gasteiger partial charge in [-0.1, -0.05) is 22.3 Å². The molecular weight excluding hydrogens is 378 g/mol. The molecule has 0 aromatic carbocycles. The fraction of sp³-hybridized carbons (Fsp3) is 1.00. The Labute approximate surface area is 158 Å². The third-order valence-corrected chi connectivity index (χ3v) is 4.89. The van der Waals surface area contributed by atoms with Gasteiger partial charge < -0.3 is 29.9 Å². The maximum atomic E-state index is 10.4. The van der Waals surface area contributed by atoms with E-state index in [1.807, 2.05) is 0 Å². The van der Waals surface area contributed by atoms with Gasteiger partial charge in [0.15, 0.2) is 6.29 Å². The smallest absolute Gasteiger partial charge is 0.169 e. The molecule has 0 bridgehead atoms. The minimum Gasteiger partial charge on any atom is -0.390 e. The predicted octanol–water partition coefficient (Wildman–Crippen LogP) is 0.390. The van der Waals surface area contributed by atoms with Crippen LogP contribution in [0.1, 0.15) is 19.8 Å². The lowest BCUT2D eigenvalue weighted by molar-refractivity contribution is -0.289. The second kappa shape index (κ2) is 9.75. The molecule has 7 unspecified atom stereocenters. The highest BCUT2D eigenvalue weighted by Crippen LogP contribution is 2.33. The molecule has 1 aliphatic heterocycles. The van der Waals surface area contributed by atoms with Gasteiger partial charge in [0.25, 0.3) is 0 Å². The SMILES string of the molecule is CCC1O[C@H](O[C@@H]2C(N=[N+]=[N-])CC(N=[N+]=[N-])C(O)C2O)C(N=[N+]=[N-])C(O)[C@H]1O. The lowest BCUT2D eigenvalue weighted by atomic mass is 9.84. The van der Waals surface area contributed by atoms with Crippen LogP contribution in [0.25, 0.3) is 31.3 Å². The van der Waals surface area contributed by atoms with E-state index < -0.39 is 61.0 Å². The van der Waals surface area contributed by atoms with Crippen LogP contribution in [0.4, 0.5) is 0 Å². The van der Waals surface area contributed by atoms with Crippen LogP contribution in [0, 0.1) is 0 Å². The van der Waals surface area contributed by atoms with Crippen molar-refractivity contribution >= 4 is 0 Å². The average Bonchev–Trinajstić information content (AvgIpc) is 2.68. The highest BCUT2D eigenvalue weighted by molar-refractivity contribution is 5.02. The molecule has 0 aromatic rings. The Morgan fingerprint density at radius 1 is 0.893 bits per heavy atom. The highest BCUT2D eigenvalue weighted by atomic mass is 16.7. The molecule has 1 saturated heterocycles. The lowest BCUT2D eigenvalue weighted by Gasteiger charge is -2.45. The van der Waals surface area contributed by atoms with Gasteiger partial charge >= 0.3 is 0 Å². The Kier molecular flexibility index (Phi) is 7.66. The number of ether oxygens (including phenoxy) is 2. The maximum absolute atomic E-state index is 10.4. The van der Waals surface area contributed by atoms with E-state index in [0.29, 0.717) is 6.42 Å². The highest BCUT2D eigenvalue weighted by Gasteiger charge is 2.49. The Morgan fingerprint density at radius 2 is 1.50 bits per heavy atom. The maximum Gasteiger partial charge on any atom is 0.169 e. The third-order valence-electron chi connectivity index (χ3n) is 4.89. The van der Waals surface area contributed by atoms with Crippen molar-refractivity contribution in [2.75, 3.05) is 0 Å². The summed E-state index contributed by atoms with van der Waals surface area (Å²) in [7, 11) is 0. The van der Waals surface area contributed by atoms with Crippen molar-refractivity contribution in [2.24, 2.45) is 15.3 Å². The Hall–Kier alpha value is -2.31. The van der Waals surface area contributed by atoms with E-state index in [-0.39, 0.29) is 6.42 Å². The second-order valence-corrected chi connectivity index (χ2v) is 6.49. The van der Waals surface area contributed by atoms with Crippen LogP contribution >= 0.6 is 0 Å². The third kappa shape index (κ3) is 4.39. The minimum atomic E-state index is -1.63. The molecule has 1 saturated carbocycles. The van der Waals surface area contributed by atoms with Crippen molar-refractivity contribution < 1.29 is 29.9 Å². The van der Waals surface area contributed by atoms with Crippen molar-refractivity contribution in [3.63, 3.8) is 0 Å². The number of hydrogen-bond donors (Lipinski definition) is 4. The Bertz CT molecular complexity index is 692. The quantitative estimate of drug-likeness (QED) is 0.279. The summed E-state index contributed by atoms with van der Waals surface area (Å²) in [6.45, 7) is 1.69. The molecule has 0 aromatic heterocycles. The van der Waals surface area contributed by atoms with Crippen LogP contribution in [-0.2, 0) is 9.47 Å². The van der Waals surface area contributed by atoms with E-state index in [9.17, 15) is 20.4 Å². The fourth-order valence-corrected chi connectivity index (χ4v) is 3.41. The van der Waals surface area contributed by atoms with Gasteiger partial charge in [-0.05, 0) is 29.4 Å². The summed E-state index contributed by atoms with van der Waals surface area (Å²) in [5.74, 6) is 0. The van der Waals surface area contributed by atoms with Crippen molar-refractivity contribution in [3.05, 3.63) is 31.3 Å². The molecule has 4 N–H and O–H groups in total. The summed E-state index contributed by atoms with van der Waals surface area (Å²) in [4.78, 5) is 7.88.